The summed E-state index contributed by atoms with van der Waals surface area (Å²) >= 11 is 5.75. The number of halogens is 1. The van der Waals surface area contributed by atoms with Crippen molar-refractivity contribution < 1.29 is 14.7 Å². The highest BCUT2D eigenvalue weighted by Gasteiger charge is 2.38. The van der Waals surface area contributed by atoms with Gasteiger partial charge in [-0.15, -0.1) is 0 Å². The SMILES string of the molecule is CC1(C(=O)O)CCN(C(=O)c2cc(Cl)c[nH]2)CC1. The Bertz CT molecular complexity index is 475. The van der Waals surface area contributed by atoms with Crippen LogP contribution in [0.4, 0.5) is 0 Å². The van der Waals surface area contributed by atoms with E-state index in [9.17, 15) is 9.59 Å². The number of carboxylic acid groups (broad SMARTS) is 1. The van der Waals surface area contributed by atoms with Gasteiger partial charge in [0.05, 0.1) is 10.4 Å². The first-order chi connectivity index (χ1) is 8.42. The van der Waals surface area contributed by atoms with Gasteiger partial charge >= 0.3 is 5.97 Å². The monoisotopic (exact) mass is 270 g/mol. The van der Waals surface area contributed by atoms with Crippen molar-refractivity contribution in [3.8, 4) is 0 Å². The molecule has 2 rings (SSSR count). The molecule has 0 radical (unpaired) electrons. The van der Waals surface area contributed by atoms with Gasteiger partial charge in [0.1, 0.15) is 5.69 Å². The molecule has 0 aromatic carbocycles. The van der Waals surface area contributed by atoms with Crippen LogP contribution in [-0.4, -0.2) is 40.0 Å². The molecule has 0 bridgehead atoms. The number of carbonyl (C=O) groups is 2. The second kappa shape index (κ2) is 4.65. The number of nitrogens with zero attached hydrogens (tertiary/aromatic N) is 1. The number of likely N-dealkylation sites (tertiary alicyclic amines) is 1. The van der Waals surface area contributed by atoms with Gasteiger partial charge in [-0.05, 0) is 25.8 Å². The lowest BCUT2D eigenvalue weighted by Gasteiger charge is -2.36. The summed E-state index contributed by atoms with van der Waals surface area (Å²) in [5, 5.41) is 9.61. The third-order valence-electron chi connectivity index (χ3n) is 3.55. The highest BCUT2D eigenvalue weighted by atomic mass is 35.5. The van der Waals surface area contributed by atoms with Crippen LogP contribution in [0.15, 0.2) is 12.3 Å². The molecule has 1 aromatic rings. The zero-order valence-corrected chi connectivity index (χ0v) is 10.8. The van der Waals surface area contributed by atoms with Crippen molar-refractivity contribution in [2.24, 2.45) is 5.41 Å². The highest BCUT2D eigenvalue weighted by Crippen LogP contribution is 2.31. The fraction of sp³-hybridized carbons (Fsp3) is 0.500. The first kappa shape index (κ1) is 13.0. The van der Waals surface area contributed by atoms with Crippen molar-refractivity contribution >= 4 is 23.5 Å². The van der Waals surface area contributed by atoms with E-state index in [4.69, 9.17) is 16.7 Å². The molecule has 1 aliphatic rings. The number of H-pyrrole nitrogens is 1. The maximum Gasteiger partial charge on any atom is 0.309 e. The van der Waals surface area contributed by atoms with Gasteiger partial charge in [-0.3, -0.25) is 9.59 Å². The number of hydrogen-bond donors (Lipinski definition) is 2. The molecular formula is C12H15ClN2O3. The van der Waals surface area contributed by atoms with Gasteiger partial charge in [-0.2, -0.15) is 0 Å². The van der Waals surface area contributed by atoms with Crippen molar-refractivity contribution in [2.45, 2.75) is 19.8 Å². The third kappa shape index (κ3) is 2.36. The Morgan fingerprint density at radius 1 is 1.44 bits per heavy atom. The van der Waals surface area contributed by atoms with Crippen molar-refractivity contribution in [2.75, 3.05) is 13.1 Å². The van der Waals surface area contributed by atoms with Crippen molar-refractivity contribution in [1.29, 1.82) is 0 Å². The minimum Gasteiger partial charge on any atom is -0.481 e. The van der Waals surface area contributed by atoms with E-state index in [0.717, 1.165) is 0 Å². The van der Waals surface area contributed by atoms with E-state index < -0.39 is 11.4 Å². The van der Waals surface area contributed by atoms with Crippen LogP contribution in [0, 0.1) is 5.41 Å². The Labute approximate surface area is 110 Å². The van der Waals surface area contributed by atoms with Crippen LogP contribution in [0.1, 0.15) is 30.3 Å². The van der Waals surface area contributed by atoms with E-state index in [1.54, 1.807) is 24.1 Å². The first-order valence-corrected chi connectivity index (χ1v) is 6.17. The number of aromatic amines is 1. The molecule has 0 saturated carbocycles. The molecule has 5 nitrogen and oxygen atoms in total. The standard InChI is InChI=1S/C12H15ClN2O3/c1-12(11(17)18)2-4-15(5-3-12)10(16)9-6-8(13)7-14-9/h6-7,14H,2-5H2,1H3,(H,17,18). The van der Waals surface area contributed by atoms with Crippen molar-refractivity contribution in [3.05, 3.63) is 23.0 Å². The molecule has 0 atom stereocenters. The van der Waals surface area contributed by atoms with Crippen LogP contribution in [0.25, 0.3) is 0 Å². The summed E-state index contributed by atoms with van der Waals surface area (Å²) in [6.07, 6.45) is 2.51. The number of aliphatic carboxylic acids is 1. The van der Waals surface area contributed by atoms with E-state index in [1.165, 1.54) is 0 Å². The van der Waals surface area contributed by atoms with Crippen LogP contribution in [0.2, 0.25) is 5.02 Å². The lowest BCUT2D eigenvalue weighted by molar-refractivity contribution is -0.150. The second-order valence-corrected chi connectivity index (χ2v) is 5.33. The summed E-state index contributed by atoms with van der Waals surface area (Å²) in [5.74, 6) is -0.924. The van der Waals surface area contributed by atoms with E-state index in [1.807, 2.05) is 0 Å². The summed E-state index contributed by atoms with van der Waals surface area (Å²) in [6.45, 7) is 2.64. The number of carboxylic acids is 1. The number of carbonyl (C=O) groups excluding carboxylic acids is 1. The molecule has 1 fully saturated rings. The summed E-state index contributed by atoms with van der Waals surface area (Å²) in [5.41, 5.74) is -0.275. The Kier molecular flexibility index (Phi) is 3.34. The predicted octanol–water partition coefficient (Wildman–Crippen LogP) is 2.00. The molecular weight excluding hydrogens is 256 g/mol. The van der Waals surface area contributed by atoms with Gasteiger partial charge in [-0.25, -0.2) is 0 Å². The Balaban J connectivity index is 2.02. The molecule has 0 spiro atoms. The molecule has 0 aliphatic carbocycles. The van der Waals surface area contributed by atoms with Crippen LogP contribution < -0.4 is 0 Å². The van der Waals surface area contributed by atoms with Gasteiger partial charge in [-0.1, -0.05) is 11.6 Å². The fourth-order valence-corrected chi connectivity index (χ4v) is 2.24. The summed E-state index contributed by atoms with van der Waals surface area (Å²) in [6, 6.07) is 1.58. The largest absolute Gasteiger partial charge is 0.481 e. The van der Waals surface area contributed by atoms with Gasteiger partial charge in [0.2, 0.25) is 0 Å². The van der Waals surface area contributed by atoms with E-state index in [2.05, 4.69) is 4.98 Å². The molecule has 2 heterocycles. The fourth-order valence-electron chi connectivity index (χ4n) is 2.08. The molecule has 0 unspecified atom stereocenters. The molecule has 1 aliphatic heterocycles. The summed E-state index contributed by atoms with van der Waals surface area (Å²) in [7, 11) is 0. The first-order valence-electron chi connectivity index (χ1n) is 5.79. The van der Waals surface area contributed by atoms with Gasteiger partial charge in [0, 0.05) is 19.3 Å². The molecule has 1 saturated heterocycles. The molecule has 1 aromatic heterocycles. The smallest absolute Gasteiger partial charge is 0.309 e. The minimum atomic E-state index is -0.794. The third-order valence-corrected chi connectivity index (χ3v) is 3.77. The lowest BCUT2D eigenvalue weighted by atomic mass is 9.80. The van der Waals surface area contributed by atoms with Gasteiger partial charge < -0.3 is 15.0 Å². The predicted molar refractivity (Wildman–Crippen MR) is 66.7 cm³/mol. The number of hydrogen-bond acceptors (Lipinski definition) is 2. The van der Waals surface area contributed by atoms with Crippen molar-refractivity contribution in [3.63, 3.8) is 0 Å². The maximum absolute atomic E-state index is 12.1. The Morgan fingerprint density at radius 3 is 2.50 bits per heavy atom. The van der Waals surface area contributed by atoms with Crippen LogP contribution in [0.5, 0.6) is 0 Å². The summed E-state index contributed by atoms with van der Waals surface area (Å²) in [4.78, 5) is 27.6. The maximum atomic E-state index is 12.1. The highest BCUT2D eigenvalue weighted by molar-refractivity contribution is 6.30. The molecule has 18 heavy (non-hydrogen) atoms. The Morgan fingerprint density at radius 2 is 2.06 bits per heavy atom. The number of nitrogens with one attached hydrogen (secondary N) is 1. The minimum absolute atomic E-state index is 0.130. The second-order valence-electron chi connectivity index (χ2n) is 4.89. The van der Waals surface area contributed by atoms with Gasteiger partial charge in [0.15, 0.2) is 0 Å². The topological polar surface area (TPSA) is 73.4 Å². The molecule has 2 N–H and O–H groups in total. The zero-order chi connectivity index (χ0) is 13.3. The quantitative estimate of drug-likeness (QED) is 0.863. The number of rotatable bonds is 2. The lowest BCUT2D eigenvalue weighted by Crippen LogP contribution is -2.45. The van der Waals surface area contributed by atoms with Gasteiger partial charge in [0.25, 0.3) is 5.91 Å². The van der Waals surface area contributed by atoms with E-state index in [0.29, 0.717) is 36.6 Å². The molecule has 6 heteroatoms. The molecule has 1 amide bonds. The summed E-state index contributed by atoms with van der Waals surface area (Å²) < 4.78 is 0. The average Bonchev–Trinajstić information content (AvgIpc) is 2.76. The zero-order valence-electron chi connectivity index (χ0n) is 10.1. The number of amides is 1. The van der Waals surface area contributed by atoms with Crippen LogP contribution in [-0.2, 0) is 4.79 Å². The van der Waals surface area contributed by atoms with E-state index in [-0.39, 0.29) is 5.91 Å². The number of piperidine rings is 1. The van der Waals surface area contributed by atoms with Crippen LogP contribution in [0.3, 0.4) is 0 Å². The average molecular weight is 271 g/mol. The molecule has 98 valence electrons. The van der Waals surface area contributed by atoms with Crippen molar-refractivity contribution in [1.82, 2.24) is 9.88 Å². The van der Waals surface area contributed by atoms with Crippen LogP contribution >= 0.6 is 11.6 Å². The number of aromatic nitrogens is 1. The Hall–Kier alpha value is -1.49. The normalized spacial score (nSPS) is 18.7. The van der Waals surface area contributed by atoms with E-state index >= 15 is 0 Å².